The van der Waals surface area contributed by atoms with Gasteiger partial charge in [-0.1, -0.05) is 0 Å². The molecule has 1 aromatic rings. The molecule has 0 radical (unpaired) electrons. The Morgan fingerprint density at radius 3 is 2.75 bits per heavy atom. The number of nitrogens with zero attached hydrogens (tertiary/aromatic N) is 4. The number of amides is 2. The van der Waals surface area contributed by atoms with E-state index in [9.17, 15) is 22.8 Å². The average Bonchev–Trinajstić information content (AvgIpc) is 3.06. The van der Waals surface area contributed by atoms with Crippen LogP contribution in [0.1, 0.15) is 12.1 Å². The molecule has 1 fully saturated rings. The molecule has 10 heteroatoms. The molecule has 1 aliphatic heterocycles. The highest BCUT2D eigenvalue weighted by Gasteiger charge is 2.30. The fourth-order valence-corrected chi connectivity index (χ4v) is 2.34. The quantitative estimate of drug-likeness (QED) is 0.822. The molecular weight excluding hydrogens is 329 g/mol. The van der Waals surface area contributed by atoms with E-state index in [1.54, 1.807) is 14.1 Å². The summed E-state index contributed by atoms with van der Waals surface area (Å²) in [5.74, 6) is -0.254. The van der Waals surface area contributed by atoms with Crippen LogP contribution >= 0.6 is 0 Å². The Hall–Kier alpha value is -2.26. The van der Waals surface area contributed by atoms with Crippen molar-refractivity contribution in [2.24, 2.45) is 0 Å². The zero-order chi connectivity index (χ0) is 17.9. The number of carbonyl (C=O) groups is 2. The number of carbonyl (C=O) groups excluding carboxylic acids is 2. The second kappa shape index (κ2) is 7.10. The summed E-state index contributed by atoms with van der Waals surface area (Å²) in [6.07, 6.45) is -3.55. The van der Waals surface area contributed by atoms with E-state index in [2.05, 4.69) is 5.10 Å². The highest BCUT2D eigenvalue weighted by atomic mass is 19.4. The van der Waals surface area contributed by atoms with Crippen molar-refractivity contribution in [3.8, 4) is 0 Å². The third kappa shape index (κ3) is 5.14. The largest absolute Gasteiger partial charge is 0.444 e. The minimum atomic E-state index is -4.36. The van der Waals surface area contributed by atoms with E-state index in [1.807, 2.05) is 0 Å². The summed E-state index contributed by atoms with van der Waals surface area (Å²) in [7, 11) is 3.13. The summed E-state index contributed by atoms with van der Waals surface area (Å²) >= 11 is 0. The summed E-state index contributed by atoms with van der Waals surface area (Å²) < 4.78 is 42.8. The fraction of sp³-hybridized carbons (Fsp3) is 0.643. The van der Waals surface area contributed by atoms with Crippen molar-refractivity contribution in [3.63, 3.8) is 0 Å². The molecule has 1 saturated heterocycles. The van der Waals surface area contributed by atoms with E-state index in [4.69, 9.17) is 4.74 Å². The number of halogens is 3. The van der Waals surface area contributed by atoms with Crippen LogP contribution in [0.15, 0.2) is 12.3 Å². The van der Waals surface area contributed by atoms with Crippen molar-refractivity contribution < 1.29 is 27.5 Å². The van der Waals surface area contributed by atoms with Crippen LogP contribution in [0.5, 0.6) is 0 Å². The molecule has 2 amide bonds. The number of ether oxygens (including phenoxy) is 1. The van der Waals surface area contributed by atoms with Crippen molar-refractivity contribution in [1.82, 2.24) is 19.6 Å². The molecule has 134 valence electrons. The van der Waals surface area contributed by atoms with Gasteiger partial charge >= 0.3 is 12.3 Å². The Morgan fingerprint density at radius 1 is 1.42 bits per heavy atom. The van der Waals surface area contributed by atoms with E-state index >= 15 is 0 Å². The average molecular weight is 348 g/mol. The Labute approximate surface area is 137 Å². The lowest BCUT2D eigenvalue weighted by Crippen LogP contribution is -2.33. The molecule has 7 nitrogen and oxygen atoms in total. The van der Waals surface area contributed by atoms with Crippen molar-refractivity contribution >= 4 is 12.0 Å². The predicted octanol–water partition coefficient (Wildman–Crippen LogP) is 1.29. The van der Waals surface area contributed by atoms with Gasteiger partial charge in [-0.3, -0.25) is 9.48 Å². The van der Waals surface area contributed by atoms with Crippen LogP contribution in [0.2, 0.25) is 0 Å². The van der Waals surface area contributed by atoms with Crippen LogP contribution < -0.4 is 0 Å². The SMILES string of the molecule is CN(C)C(=O)O[C@H]1CCN(C(=O)Cc2ccn(CC(F)(F)F)n2)C1. The van der Waals surface area contributed by atoms with Gasteiger partial charge in [0.05, 0.1) is 18.7 Å². The van der Waals surface area contributed by atoms with Gasteiger partial charge in [0.1, 0.15) is 12.6 Å². The number of hydrogen-bond acceptors (Lipinski definition) is 4. The number of rotatable bonds is 4. The summed E-state index contributed by atoms with van der Waals surface area (Å²) in [4.78, 5) is 26.5. The first kappa shape index (κ1) is 18.1. The number of likely N-dealkylation sites (tertiary alicyclic amines) is 1. The molecule has 0 N–H and O–H groups in total. The van der Waals surface area contributed by atoms with Crippen molar-refractivity contribution in [3.05, 3.63) is 18.0 Å². The lowest BCUT2D eigenvalue weighted by atomic mass is 10.3. The molecule has 2 rings (SSSR count). The Bertz CT molecular complexity index is 600. The minimum Gasteiger partial charge on any atom is -0.444 e. The third-order valence-electron chi connectivity index (χ3n) is 3.50. The molecule has 0 spiro atoms. The first-order chi connectivity index (χ1) is 11.1. The predicted molar refractivity (Wildman–Crippen MR) is 77.1 cm³/mol. The minimum absolute atomic E-state index is 0.0841. The fourth-order valence-electron chi connectivity index (χ4n) is 2.34. The zero-order valence-electron chi connectivity index (χ0n) is 13.4. The molecular formula is C14H19F3N4O3. The summed E-state index contributed by atoms with van der Waals surface area (Å²) in [6.45, 7) is -0.470. The third-order valence-corrected chi connectivity index (χ3v) is 3.50. The van der Waals surface area contributed by atoms with Gasteiger partial charge in [-0.25, -0.2) is 4.79 Å². The van der Waals surface area contributed by atoms with Gasteiger partial charge in [-0.2, -0.15) is 18.3 Å². The Morgan fingerprint density at radius 2 is 2.12 bits per heavy atom. The van der Waals surface area contributed by atoms with Gasteiger partial charge < -0.3 is 14.5 Å². The Balaban J connectivity index is 1.84. The zero-order valence-corrected chi connectivity index (χ0v) is 13.4. The van der Waals surface area contributed by atoms with Crippen molar-refractivity contribution in [2.45, 2.75) is 31.7 Å². The summed E-state index contributed by atoms with van der Waals surface area (Å²) in [5.41, 5.74) is 0.276. The summed E-state index contributed by atoms with van der Waals surface area (Å²) in [5, 5.41) is 3.75. The molecule has 0 aromatic carbocycles. The normalized spacial score (nSPS) is 17.9. The number of hydrogen-bond donors (Lipinski definition) is 0. The van der Waals surface area contributed by atoms with Gasteiger partial charge in [0, 0.05) is 33.3 Å². The number of alkyl halides is 3. The van der Waals surface area contributed by atoms with Crippen molar-refractivity contribution in [1.29, 1.82) is 0 Å². The first-order valence-electron chi connectivity index (χ1n) is 7.39. The van der Waals surface area contributed by atoms with E-state index in [0.29, 0.717) is 13.0 Å². The van der Waals surface area contributed by atoms with Gasteiger partial charge in [-0.05, 0) is 6.07 Å². The molecule has 1 atom stereocenters. The maximum absolute atomic E-state index is 12.3. The molecule has 0 bridgehead atoms. The molecule has 0 saturated carbocycles. The maximum atomic E-state index is 12.3. The van der Waals surface area contributed by atoms with E-state index in [0.717, 1.165) is 4.68 Å². The van der Waals surface area contributed by atoms with Crippen molar-refractivity contribution in [2.75, 3.05) is 27.2 Å². The molecule has 1 aliphatic rings. The maximum Gasteiger partial charge on any atom is 0.409 e. The van der Waals surface area contributed by atoms with Crippen LogP contribution in [0.25, 0.3) is 0 Å². The van der Waals surface area contributed by atoms with E-state index < -0.39 is 18.8 Å². The van der Waals surface area contributed by atoms with Crippen LogP contribution in [0, 0.1) is 0 Å². The topological polar surface area (TPSA) is 67.7 Å². The van der Waals surface area contributed by atoms with Crippen LogP contribution in [-0.2, 0) is 22.5 Å². The van der Waals surface area contributed by atoms with Gasteiger partial charge in [0.25, 0.3) is 0 Å². The second-order valence-electron chi connectivity index (χ2n) is 5.83. The lowest BCUT2D eigenvalue weighted by molar-refractivity contribution is -0.142. The molecule has 0 aliphatic carbocycles. The van der Waals surface area contributed by atoms with Crippen LogP contribution in [0.4, 0.5) is 18.0 Å². The van der Waals surface area contributed by atoms with E-state index in [1.165, 1.54) is 22.1 Å². The van der Waals surface area contributed by atoms with Gasteiger partial charge in [-0.15, -0.1) is 0 Å². The van der Waals surface area contributed by atoms with Gasteiger partial charge in [0.15, 0.2) is 0 Å². The van der Waals surface area contributed by atoms with Crippen LogP contribution in [-0.4, -0.2) is 71.0 Å². The lowest BCUT2D eigenvalue weighted by Gasteiger charge is -2.18. The molecule has 24 heavy (non-hydrogen) atoms. The monoisotopic (exact) mass is 348 g/mol. The first-order valence-corrected chi connectivity index (χ1v) is 7.39. The standard InChI is InChI=1S/C14H19F3N4O3/c1-19(2)13(23)24-11-4-5-20(8-11)12(22)7-10-3-6-21(18-10)9-14(15,16)17/h3,6,11H,4-5,7-9H2,1-2H3/t11-/m0/s1. The summed E-state index contributed by atoms with van der Waals surface area (Å²) in [6, 6.07) is 1.39. The van der Waals surface area contributed by atoms with Crippen LogP contribution in [0.3, 0.4) is 0 Å². The molecule has 1 aromatic heterocycles. The smallest absolute Gasteiger partial charge is 0.409 e. The van der Waals surface area contributed by atoms with Gasteiger partial charge in [0.2, 0.25) is 5.91 Å². The van der Waals surface area contributed by atoms with E-state index in [-0.39, 0.29) is 30.7 Å². The highest BCUT2D eigenvalue weighted by molar-refractivity contribution is 5.78. The highest BCUT2D eigenvalue weighted by Crippen LogP contribution is 2.18. The molecule has 0 unspecified atom stereocenters. The number of aromatic nitrogens is 2. The molecule has 2 heterocycles. The second-order valence-corrected chi connectivity index (χ2v) is 5.83. The Kier molecular flexibility index (Phi) is 5.35.